The van der Waals surface area contributed by atoms with Gasteiger partial charge in [0.2, 0.25) is 0 Å². The fourth-order valence-electron chi connectivity index (χ4n) is 3.69. The van der Waals surface area contributed by atoms with Crippen molar-refractivity contribution in [3.05, 3.63) is 75.5 Å². The van der Waals surface area contributed by atoms with Gasteiger partial charge < -0.3 is 14.9 Å². The van der Waals surface area contributed by atoms with Crippen molar-refractivity contribution in [3.8, 4) is 0 Å². The van der Waals surface area contributed by atoms with Crippen LogP contribution in [0.1, 0.15) is 31.0 Å². The highest BCUT2D eigenvalue weighted by molar-refractivity contribution is 9.10. The lowest BCUT2D eigenvalue weighted by molar-refractivity contribution is -0.140. The molecule has 3 rings (SSSR count). The van der Waals surface area contributed by atoms with E-state index < -0.39 is 23.5 Å². The standard InChI is InChI=1S/C23H24BrFN2O3/c1-3-26(4-2)12-13-27-20(16-6-5-7-17(24)14-16)19(22(29)23(27)30)21(28)15-8-10-18(25)11-9-15/h5-11,14,20,28H,3-4,12-13H2,1-2H3. The number of carbonyl (C=O) groups is 2. The Labute approximate surface area is 183 Å². The Morgan fingerprint density at radius 1 is 1.13 bits per heavy atom. The van der Waals surface area contributed by atoms with E-state index in [1.54, 1.807) is 0 Å². The van der Waals surface area contributed by atoms with Gasteiger partial charge in [-0.05, 0) is 55.1 Å². The molecule has 1 amide bonds. The molecule has 5 nitrogen and oxygen atoms in total. The molecule has 2 aromatic carbocycles. The van der Waals surface area contributed by atoms with E-state index in [-0.39, 0.29) is 16.9 Å². The minimum Gasteiger partial charge on any atom is -0.507 e. The molecule has 158 valence electrons. The Morgan fingerprint density at radius 3 is 2.40 bits per heavy atom. The second-order valence-corrected chi connectivity index (χ2v) is 8.00. The summed E-state index contributed by atoms with van der Waals surface area (Å²) in [4.78, 5) is 29.5. The van der Waals surface area contributed by atoms with Crippen LogP contribution < -0.4 is 0 Å². The molecule has 1 N–H and O–H groups in total. The van der Waals surface area contributed by atoms with Crippen LogP contribution in [0.15, 0.2) is 58.6 Å². The summed E-state index contributed by atoms with van der Waals surface area (Å²) < 4.78 is 14.1. The van der Waals surface area contributed by atoms with Gasteiger partial charge in [0.05, 0.1) is 11.6 Å². The SMILES string of the molecule is CCN(CC)CCN1C(=O)C(=O)C(=C(O)c2ccc(F)cc2)C1c1cccc(Br)c1. The van der Waals surface area contributed by atoms with Gasteiger partial charge in [0.1, 0.15) is 11.6 Å². The molecule has 1 aliphatic heterocycles. The number of rotatable bonds is 7. The normalized spacial score (nSPS) is 18.4. The number of nitrogens with zero attached hydrogens (tertiary/aromatic N) is 2. The fourth-order valence-corrected chi connectivity index (χ4v) is 4.10. The summed E-state index contributed by atoms with van der Waals surface area (Å²) in [7, 11) is 0. The zero-order chi connectivity index (χ0) is 21.8. The van der Waals surface area contributed by atoms with E-state index in [0.29, 0.717) is 18.7 Å². The molecular weight excluding hydrogens is 451 g/mol. The minimum atomic E-state index is -0.735. The first-order chi connectivity index (χ1) is 14.4. The summed E-state index contributed by atoms with van der Waals surface area (Å²) in [6, 6.07) is 11.8. The van der Waals surface area contributed by atoms with E-state index >= 15 is 0 Å². The molecule has 2 aromatic rings. The number of hydrogen-bond donors (Lipinski definition) is 1. The molecule has 0 aromatic heterocycles. The number of hydrogen-bond acceptors (Lipinski definition) is 4. The highest BCUT2D eigenvalue weighted by Crippen LogP contribution is 2.39. The molecule has 1 atom stereocenters. The van der Waals surface area contributed by atoms with E-state index in [4.69, 9.17) is 0 Å². The van der Waals surface area contributed by atoms with Gasteiger partial charge in [-0.2, -0.15) is 0 Å². The van der Waals surface area contributed by atoms with Crippen LogP contribution in [0, 0.1) is 5.82 Å². The predicted molar refractivity (Wildman–Crippen MR) is 117 cm³/mol. The monoisotopic (exact) mass is 474 g/mol. The van der Waals surface area contributed by atoms with Crippen LogP contribution in [-0.4, -0.2) is 52.8 Å². The number of halogens is 2. The number of ketones is 1. The second-order valence-electron chi connectivity index (χ2n) is 7.08. The number of aliphatic hydroxyl groups is 1. The van der Waals surface area contributed by atoms with Crippen LogP contribution in [0.2, 0.25) is 0 Å². The summed E-state index contributed by atoms with van der Waals surface area (Å²) in [5.74, 6) is -2.13. The van der Waals surface area contributed by atoms with Gasteiger partial charge in [-0.3, -0.25) is 9.59 Å². The van der Waals surface area contributed by atoms with Crippen LogP contribution in [0.5, 0.6) is 0 Å². The molecule has 1 saturated heterocycles. The van der Waals surface area contributed by atoms with E-state index in [1.807, 2.05) is 38.1 Å². The van der Waals surface area contributed by atoms with Crippen LogP contribution in [0.25, 0.3) is 5.76 Å². The van der Waals surface area contributed by atoms with Crippen LogP contribution >= 0.6 is 15.9 Å². The lowest BCUT2D eigenvalue weighted by Crippen LogP contribution is -2.38. The van der Waals surface area contributed by atoms with Crippen molar-refractivity contribution in [1.29, 1.82) is 0 Å². The molecule has 0 bridgehead atoms. The molecule has 1 heterocycles. The van der Waals surface area contributed by atoms with Crippen LogP contribution in [0.3, 0.4) is 0 Å². The molecule has 1 aliphatic rings. The maximum atomic E-state index is 13.3. The first-order valence-electron chi connectivity index (χ1n) is 9.89. The van der Waals surface area contributed by atoms with E-state index in [2.05, 4.69) is 20.8 Å². The summed E-state index contributed by atoms with van der Waals surface area (Å²) in [5, 5.41) is 10.9. The lowest BCUT2D eigenvalue weighted by atomic mass is 9.95. The zero-order valence-corrected chi connectivity index (χ0v) is 18.5. The molecule has 1 unspecified atom stereocenters. The number of aliphatic hydroxyl groups excluding tert-OH is 1. The molecule has 1 fully saturated rings. The zero-order valence-electron chi connectivity index (χ0n) is 16.9. The van der Waals surface area contributed by atoms with Crippen molar-refractivity contribution >= 4 is 33.4 Å². The number of Topliss-reactive ketones (excluding diaryl/α,β-unsaturated/α-hetero) is 1. The average molecular weight is 475 g/mol. The van der Waals surface area contributed by atoms with Gasteiger partial charge in [-0.25, -0.2) is 4.39 Å². The molecular formula is C23H24BrFN2O3. The summed E-state index contributed by atoms with van der Waals surface area (Å²) >= 11 is 3.44. The third-order valence-electron chi connectivity index (χ3n) is 5.37. The van der Waals surface area contributed by atoms with Crippen molar-refractivity contribution in [2.24, 2.45) is 0 Å². The van der Waals surface area contributed by atoms with Crippen molar-refractivity contribution in [3.63, 3.8) is 0 Å². The Bertz CT molecular complexity index is 971. The van der Waals surface area contributed by atoms with Gasteiger partial charge in [-0.1, -0.05) is 41.9 Å². The number of likely N-dealkylation sites (tertiary alicyclic amines) is 1. The number of likely N-dealkylation sites (N-methyl/N-ethyl adjacent to an activating group) is 1. The third kappa shape index (κ3) is 4.47. The van der Waals surface area contributed by atoms with Gasteiger partial charge in [0, 0.05) is 23.1 Å². The van der Waals surface area contributed by atoms with Crippen LogP contribution in [-0.2, 0) is 9.59 Å². The second kappa shape index (κ2) is 9.53. The van der Waals surface area contributed by atoms with E-state index in [9.17, 15) is 19.1 Å². The first kappa shape index (κ1) is 22.2. The van der Waals surface area contributed by atoms with Crippen molar-refractivity contribution in [1.82, 2.24) is 9.80 Å². The lowest BCUT2D eigenvalue weighted by Gasteiger charge is -2.28. The smallest absolute Gasteiger partial charge is 0.295 e. The molecule has 0 aliphatic carbocycles. The van der Waals surface area contributed by atoms with Crippen LogP contribution in [0.4, 0.5) is 4.39 Å². The van der Waals surface area contributed by atoms with E-state index in [1.165, 1.54) is 29.2 Å². The number of benzene rings is 2. The molecule has 7 heteroatoms. The number of amides is 1. The Balaban J connectivity index is 2.09. The highest BCUT2D eigenvalue weighted by Gasteiger charge is 2.46. The largest absolute Gasteiger partial charge is 0.507 e. The fraction of sp³-hybridized carbons (Fsp3) is 0.304. The van der Waals surface area contributed by atoms with Crippen molar-refractivity contribution in [2.75, 3.05) is 26.2 Å². The van der Waals surface area contributed by atoms with Crippen molar-refractivity contribution < 1.29 is 19.1 Å². The number of carbonyl (C=O) groups excluding carboxylic acids is 2. The summed E-state index contributed by atoms with van der Waals surface area (Å²) in [6.45, 7) is 6.70. The topological polar surface area (TPSA) is 60.9 Å². The predicted octanol–water partition coefficient (Wildman–Crippen LogP) is 4.35. The first-order valence-corrected chi connectivity index (χ1v) is 10.7. The quantitative estimate of drug-likeness (QED) is 0.368. The third-order valence-corrected chi connectivity index (χ3v) is 5.87. The van der Waals surface area contributed by atoms with Gasteiger partial charge in [0.15, 0.2) is 0 Å². The Kier molecular flexibility index (Phi) is 7.05. The van der Waals surface area contributed by atoms with Crippen molar-refractivity contribution in [2.45, 2.75) is 19.9 Å². The molecule has 0 spiro atoms. The molecule has 0 saturated carbocycles. The van der Waals surface area contributed by atoms with Gasteiger partial charge in [0.25, 0.3) is 11.7 Å². The molecule has 0 radical (unpaired) electrons. The average Bonchev–Trinajstić information content (AvgIpc) is 2.99. The maximum absolute atomic E-state index is 13.3. The maximum Gasteiger partial charge on any atom is 0.295 e. The highest BCUT2D eigenvalue weighted by atomic mass is 79.9. The minimum absolute atomic E-state index is 0.0178. The van der Waals surface area contributed by atoms with E-state index in [0.717, 1.165) is 17.6 Å². The summed E-state index contributed by atoms with van der Waals surface area (Å²) in [5.41, 5.74) is 1.02. The Hall–Kier alpha value is -2.51. The Morgan fingerprint density at radius 2 is 1.80 bits per heavy atom. The van der Waals surface area contributed by atoms with Gasteiger partial charge >= 0.3 is 0 Å². The van der Waals surface area contributed by atoms with Gasteiger partial charge in [-0.15, -0.1) is 0 Å². The molecule has 30 heavy (non-hydrogen) atoms. The summed E-state index contributed by atoms with van der Waals surface area (Å²) in [6.07, 6.45) is 0.